The molecule has 1 heterocycles. The summed E-state index contributed by atoms with van der Waals surface area (Å²) in [7, 11) is -1.18. The summed E-state index contributed by atoms with van der Waals surface area (Å²) >= 11 is 0. The number of benzene rings is 3. The van der Waals surface area contributed by atoms with Crippen LogP contribution in [0.2, 0.25) is 25.7 Å². The summed E-state index contributed by atoms with van der Waals surface area (Å²) in [5.41, 5.74) is 2.02. The monoisotopic (exact) mass is 583 g/mol. The predicted molar refractivity (Wildman–Crippen MR) is 159 cm³/mol. The van der Waals surface area contributed by atoms with Crippen molar-refractivity contribution in [3.63, 3.8) is 0 Å². The van der Waals surface area contributed by atoms with E-state index in [1.165, 1.54) is 5.06 Å². The van der Waals surface area contributed by atoms with E-state index in [2.05, 4.69) is 25.7 Å². The summed E-state index contributed by atoms with van der Waals surface area (Å²) in [6.45, 7) is 9.10. The zero-order valence-electron chi connectivity index (χ0n) is 24.1. The topological polar surface area (TPSA) is 107 Å². The number of aliphatic hydroxyl groups is 1. The van der Waals surface area contributed by atoms with Crippen LogP contribution in [0.4, 0.5) is 4.79 Å². The zero-order chi connectivity index (χ0) is 29.2. The zero-order valence-corrected chi connectivity index (χ0v) is 25.1. The molecule has 0 radical (unpaired) electrons. The highest BCUT2D eigenvalue weighted by atomic mass is 28.3. The Morgan fingerprint density at radius 1 is 1.02 bits per heavy atom. The van der Waals surface area contributed by atoms with Gasteiger partial charge >= 0.3 is 6.16 Å². The minimum atomic E-state index is -1.34. The molecule has 1 saturated heterocycles. The SMILES string of the molecule is C[Si](C)(C)CCOCOc1cc(COC2CN(OC(=O)O)CCC2c2ccc(OCCO)cc2)cc2ccccc12. The van der Waals surface area contributed by atoms with Gasteiger partial charge < -0.3 is 34.0 Å². The Morgan fingerprint density at radius 2 is 1.80 bits per heavy atom. The Kier molecular flexibility index (Phi) is 11.0. The number of nitrogens with zero attached hydrogens (tertiary/aromatic N) is 1. The van der Waals surface area contributed by atoms with Gasteiger partial charge in [0.05, 0.1) is 25.9 Å². The van der Waals surface area contributed by atoms with Crippen LogP contribution in [0.15, 0.2) is 60.7 Å². The first-order valence-corrected chi connectivity index (χ1v) is 17.8. The molecule has 0 aromatic heterocycles. The van der Waals surface area contributed by atoms with Gasteiger partial charge in [0, 0.05) is 32.5 Å². The molecule has 2 atom stereocenters. The molecule has 4 rings (SSSR count). The number of aliphatic hydroxyl groups excluding tert-OH is 1. The van der Waals surface area contributed by atoms with Crippen molar-refractivity contribution < 1.29 is 38.8 Å². The third kappa shape index (κ3) is 9.44. The lowest BCUT2D eigenvalue weighted by molar-refractivity contribution is -0.166. The maximum Gasteiger partial charge on any atom is 0.525 e. The average Bonchev–Trinajstić information content (AvgIpc) is 2.94. The first kappa shape index (κ1) is 30.8. The summed E-state index contributed by atoms with van der Waals surface area (Å²) in [6, 6.07) is 20.9. The van der Waals surface area contributed by atoms with Crippen molar-refractivity contribution in [2.45, 2.75) is 50.7 Å². The molecule has 3 aromatic rings. The normalized spacial score (nSPS) is 17.9. The number of piperidine rings is 1. The van der Waals surface area contributed by atoms with Gasteiger partial charge in [0.25, 0.3) is 0 Å². The molecule has 9 nitrogen and oxygen atoms in total. The van der Waals surface area contributed by atoms with Gasteiger partial charge in [-0.2, -0.15) is 0 Å². The number of fused-ring (bicyclic) bond motifs is 1. The van der Waals surface area contributed by atoms with Crippen LogP contribution >= 0.6 is 0 Å². The Balaban J connectivity index is 1.47. The summed E-state index contributed by atoms with van der Waals surface area (Å²) in [4.78, 5) is 16.2. The van der Waals surface area contributed by atoms with Crippen molar-refractivity contribution in [3.8, 4) is 11.5 Å². The average molecular weight is 584 g/mol. The van der Waals surface area contributed by atoms with Crippen LogP contribution in [0.1, 0.15) is 23.5 Å². The van der Waals surface area contributed by atoms with Gasteiger partial charge in [-0.05, 0) is 53.2 Å². The Morgan fingerprint density at radius 3 is 2.54 bits per heavy atom. The maximum atomic E-state index is 11.2. The maximum absolute atomic E-state index is 11.2. The minimum absolute atomic E-state index is 0.0338. The molecule has 41 heavy (non-hydrogen) atoms. The first-order valence-electron chi connectivity index (χ1n) is 14.0. The third-order valence-corrected chi connectivity index (χ3v) is 8.74. The second-order valence-electron chi connectivity index (χ2n) is 11.4. The molecular formula is C31H41NO8Si. The molecular weight excluding hydrogens is 542 g/mol. The van der Waals surface area contributed by atoms with E-state index < -0.39 is 14.2 Å². The molecule has 1 fully saturated rings. The molecule has 222 valence electrons. The number of ether oxygens (including phenoxy) is 4. The van der Waals surface area contributed by atoms with Crippen LogP contribution in [0, 0.1) is 0 Å². The van der Waals surface area contributed by atoms with Crippen molar-refractivity contribution in [2.75, 3.05) is 39.7 Å². The number of carbonyl (C=O) groups is 1. The number of hydrogen-bond acceptors (Lipinski definition) is 8. The van der Waals surface area contributed by atoms with Crippen molar-refractivity contribution in [1.29, 1.82) is 0 Å². The van der Waals surface area contributed by atoms with Crippen molar-refractivity contribution >= 4 is 25.0 Å². The van der Waals surface area contributed by atoms with Crippen LogP contribution in [-0.4, -0.2) is 75.3 Å². The highest BCUT2D eigenvalue weighted by molar-refractivity contribution is 6.76. The molecule has 2 unspecified atom stereocenters. The van der Waals surface area contributed by atoms with Crippen LogP contribution in [0.25, 0.3) is 10.8 Å². The van der Waals surface area contributed by atoms with E-state index in [4.69, 9.17) is 34.0 Å². The second-order valence-corrected chi connectivity index (χ2v) is 17.0. The quantitative estimate of drug-likeness (QED) is 0.137. The molecule has 1 aliphatic heterocycles. The predicted octanol–water partition coefficient (Wildman–Crippen LogP) is 5.89. The molecule has 0 aliphatic carbocycles. The molecule has 0 saturated carbocycles. The fourth-order valence-corrected chi connectivity index (χ4v) is 5.65. The highest BCUT2D eigenvalue weighted by Crippen LogP contribution is 2.33. The molecule has 1 aliphatic rings. The first-order chi connectivity index (χ1) is 19.7. The van der Waals surface area contributed by atoms with E-state index >= 15 is 0 Å². The van der Waals surface area contributed by atoms with E-state index in [0.717, 1.165) is 33.7 Å². The lowest BCUT2D eigenvalue weighted by Crippen LogP contribution is -2.44. The molecule has 2 N–H and O–H groups in total. The Bertz CT molecular complexity index is 1260. The fourth-order valence-electron chi connectivity index (χ4n) is 4.89. The molecule has 3 aromatic carbocycles. The van der Waals surface area contributed by atoms with Gasteiger partial charge in [-0.3, -0.25) is 0 Å². The molecule has 0 spiro atoms. The summed E-state index contributed by atoms with van der Waals surface area (Å²) in [5, 5.41) is 21.7. The van der Waals surface area contributed by atoms with Gasteiger partial charge in [-0.25, -0.2) is 4.79 Å². The highest BCUT2D eigenvalue weighted by Gasteiger charge is 2.33. The number of carboxylic acid groups (broad SMARTS) is 1. The van der Waals surface area contributed by atoms with Crippen molar-refractivity contribution in [3.05, 3.63) is 71.8 Å². The van der Waals surface area contributed by atoms with Gasteiger partial charge in [0.2, 0.25) is 0 Å². The number of rotatable bonds is 14. The summed E-state index contributed by atoms with van der Waals surface area (Å²) < 4.78 is 23.8. The van der Waals surface area contributed by atoms with E-state index in [0.29, 0.717) is 38.5 Å². The van der Waals surface area contributed by atoms with Crippen LogP contribution < -0.4 is 9.47 Å². The minimum Gasteiger partial charge on any atom is -0.491 e. The number of hydrogen-bond donors (Lipinski definition) is 2. The van der Waals surface area contributed by atoms with Crippen molar-refractivity contribution in [1.82, 2.24) is 5.06 Å². The van der Waals surface area contributed by atoms with Gasteiger partial charge in [-0.15, -0.1) is 5.06 Å². The smallest absolute Gasteiger partial charge is 0.491 e. The van der Waals surface area contributed by atoms with Crippen LogP contribution in [0.3, 0.4) is 0 Å². The van der Waals surface area contributed by atoms with Gasteiger partial charge in [0.1, 0.15) is 18.1 Å². The Hall–Kier alpha value is -3.15. The summed E-state index contributed by atoms with van der Waals surface area (Å²) in [5.74, 6) is 1.45. The van der Waals surface area contributed by atoms with E-state index in [1.807, 2.05) is 54.6 Å². The van der Waals surface area contributed by atoms with Crippen LogP contribution in [-0.2, 0) is 20.9 Å². The lowest BCUT2D eigenvalue weighted by atomic mass is 9.87. The third-order valence-electron chi connectivity index (χ3n) is 7.04. The Labute approximate surface area is 242 Å². The molecule has 10 heteroatoms. The fraction of sp³-hybridized carbons (Fsp3) is 0.452. The molecule has 0 amide bonds. The van der Waals surface area contributed by atoms with Crippen LogP contribution in [0.5, 0.6) is 11.5 Å². The standard InChI is InChI=1S/C31H41NO8Si/c1-41(2,3)17-16-36-22-39-29-19-23(18-25-6-4-5-7-27(25)29)21-38-30-20-32(40-31(34)35)13-12-28(30)24-8-10-26(11-9-24)37-15-14-33/h4-11,18-19,28,30,33H,12-17,20-22H2,1-3H3,(H,34,35). The van der Waals surface area contributed by atoms with Crippen molar-refractivity contribution in [2.24, 2.45) is 0 Å². The van der Waals surface area contributed by atoms with E-state index in [9.17, 15) is 4.79 Å². The largest absolute Gasteiger partial charge is 0.525 e. The van der Waals surface area contributed by atoms with Gasteiger partial charge in [0.15, 0.2) is 6.79 Å². The summed E-state index contributed by atoms with van der Waals surface area (Å²) in [6.07, 6.45) is -0.987. The van der Waals surface area contributed by atoms with E-state index in [-0.39, 0.29) is 32.0 Å². The van der Waals surface area contributed by atoms with Gasteiger partial charge in [-0.1, -0.05) is 56.0 Å². The lowest BCUT2D eigenvalue weighted by Gasteiger charge is -2.37. The molecule has 0 bridgehead atoms. The van der Waals surface area contributed by atoms with E-state index in [1.54, 1.807) is 0 Å². The second kappa shape index (κ2) is 14.7. The number of hydroxylamine groups is 2.